The predicted octanol–water partition coefficient (Wildman–Crippen LogP) is 5.54. The fourth-order valence-electron chi connectivity index (χ4n) is 5.73. The van der Waals surface area contributed by atoms with Crippen LogP contribution in [0.1, 0.15) is 62.6 Å². The number of carbonyl (C=O) groups is 2. The van der Waals surface area contributed by atoms with Crippen LogP contribution in [0.2, 0.25) is 0 Å². The highest BCUT2D eigenvalue weighted by Crippen LogP contribution is 2.18. The number of amides is 2. The second-order valence-electron chi connectivity index (χ2n) is 12.4. The highest BCUT2D eigenvalue weighted by Gasteiger charge is 2.13. The van der Waals surface area contributed by atoms with Crippen molar-refractivity contribution in [1.29, 1.82) is 0 Å². The van der Waals surface area contributed by atoms with E-state index >= 15 is 0 Å². The molecule has 2 aromatic heterocycles. The van der Waals surface area contributed by atoms with E-state index in [-0.39, 0.29) is 24.3 Å². The Labute approximate surface area is 288 Å². The first-order valence-electron chi connectivity index (χ1n) is 16.6. The Bertz CT molecular complexity index is 1810. The van der Waals surface area contributed by atoms with Gasteiger partial charge in [0.15, 0.2) is 0 Å². The van der Waals surface area contributed by atoms with Gasteiger partial charge in [0, 0.05) is 54.4 Å². The number of hydrogen-bond acceptors (Lipinski definition) is 6. The molecule has 0 fully saturated rings. The van der Waals surface area contributed by atoms with Gasteiger partial charge in [-0.15, -0.1) is 0 Å². The fraction of sp³-hybridized carbons (Fsp3) is 0.275. The van der Waals surface area contributed by atoms with E-state index in [0.717, 1.165) is 57.2 Å². The first-order valence-corrected chi connectivity index (χ1v) is 16.6. The lowest BCUT2D eigenvalue weighted by molar-refractivity contribution is -0.120. The summed E-state index contributed by atoms with van der Waals surface area (Å²) in [6.45, 7) is 7.38. The Morgan fingerprint density at radius 2 is 1.47 bits per heavy atom. The van der Waals surface area contributed by atoms with Crippen LogP contribution in [-0.4, -0.2) is 46.2 Å². The van der Waals surface area contributed by atoms with Crippen LogP contribution in [0.15, 0.2) is 103 Å². The largest absolute Gasteiger partial charge is 0.497 e. The number of aryl methyl sites for hydroxylation is 2. The quantitative estimate of drug-likeness (QED) is 0.117. The molecule has 2 unspecified atom stereocenters. The number of aliphatic hydroxyl groups is 1. The van der Waals surface area contributed by atoms with Crippen LogP contribution >= 0.6 is 0 Å². The number of ether oxygens (including phenoxy) is 1. The smallest absolute Gasteiger partial charge is 0.251 e. The molecule has 5 rings (SSSR count). The molecule has 2 heterocycles. The summed E-state index contributed by atoms with van der Waals surface area (Å²) in [5, 5.41) is 20.1. The Hall–Kier alpha value is -5.25. The van der Waals surface area contributed by atoms with Crippen LogP contribution in [0.3, 0.4) is 0 Å². The van der Waals surface area contributed by atoms with E-state index < -0.39 is 6.10 Å². The van der Waals surface area contributed by atoms with Gasteiger partial charge in [-0.05, 0) is 91.9 Å². The second-order valence-corrected chi connectivity index (χ2v) is 12.4. The molecule has 2 atom stereocenters. The number of pyridine rings is 1. The molecule has 4 N–H and O–H groups in total. The van der Waals surface area contributed by atoms with E-state index in [1.165, 1.54) is 0 Å². The molecule has 0 bridgehead atoms. The van der Waals surface area contributed by atoms with Gasteiger partial charge in [0.25, 0.3) is 5.91 Å². The lowest BCUT2D eigenvalue weighted by atomic mass is 10.0. The summed E-state index contributed by atoms with van der Waals surface area (Å²) >= 11 is 0. The summed E-state index contributed by atoms with van der Waals surface area (Å²) in [7, 11) is 1.62. The molecule has 49 heavy (non-hydrogen) atoms. The maximum absolute atomic E-state index is 12.8. The first-order chi connectivity index (χ1) is 23.7. The monoisotopic (exact) mass is 659 g/mol. The third-order valence-corrected chi connectivity index (χ3v) is 8.53. The van der Waals surface area contributed by atoms with Gasteiger partial charge < -0.3 is 30.4 Å². The molecule has 0 aliphatic heterocycles. The molecule has 3 aromatic carbocycles. The molecule has 0 aliphatic carbocycles. The summed E-state index contributed by atoms with van der Waals surface area (Å²) in [4.78, 5) is 29.9. The minimum atomic E-state index is -0.677. The van der Waals surface area contributed by atoms with Gasteiger partial charge in [0.2, 0.25) is 5.91 Å². The Morgan fingerprint density at radius 3 is 2.12 bits per heavy atom. The van der Waals surface area contributed by atoms with Crippen molar-refractivity contribution in [3.8, 4) is 11.6 Å². The van der Waals surface area contributed by atoms with Gasteiger partial charge in [0.05, 0.1) is 19.6 Å². The van der Waals surface area contributed by atoms with E-state index in [2.05, 4.69) is 56.7 Å². The van der Waals surface area contributed by atoms with Gasteiger partial charge >= 0.3 is 0 Å². The lowest BCUT2D eigenvalue weighted by Crippen LogP contribution is -2.32. The Kier molecular flexibility index (Phi) is 12.0. The molecular formula is C40H45N5O4. The number of benzene rings is 3. The number of nitrogens with zero attached hydrogens (tertiary/aromatic N) is 2. The first kappa shape index (κ1) is 35.1. The number of rotatable bonds is 15. The van der Waals surface area contributed by atoms with E-state index in [9.17, 15) is 14.7 Å². The van der Waals surface area contributed by atoms with Crippen molar-refractivity contribution in [2.75, 3.05) is 13.7 Å². The number of methoxy groups -OCH3 is 1. The molecule has 0 aliphatic rings. The van der Waals surface area contributed by atoms with E-state index in [1.807, 2.05) is 74.5 Å². The summed E-state index contributed by atoms with van der Waals surface area (Å²) in [6, 6.07) is 30.9. The SMILES string of the molecule is COc1ccc(CNC(=O)c2ccc(CNC(=O)Cc3cccc(CC(C)NCC(O)c4ccc(-n5c(C)ccc5C)nc4)c3)cc2)cc1. The summed E-state index contributed by atoms with van der Waals surface area (Å²) in [5.41, 5.74) is 7.50. The standard InChI is InChI=1S/C40H45N5O4/c1-27(41-26-37(46)35-16-19-38(42-25-35)45-28(2)8-9-29(45)3)20-32-6-5-7-33(21-32)22-39(47)43-23-30-10-14-34(15-11-30)40(48)44-24-31-12-17-36(49-4)18-13-31/h5-19,21,25,27,37,41,46H,20,22-24,26H2,1-4H3,(H,43,47)(H,44,48). The number of aromatic nitrogens is 2. The Morgan fingerprint density at radius 1 is 0.816 bits per heavy atom. The third-order valence-electron chi connectivity index (χ3n) is 8.53. The average molecular weight is 660 g/mol. The number of aliphatic hydroxyl groups excluding tert-OH is 1. The van der Waals surface area contributed by atoms with Crippen molar-refractivity contribution in [1.82, 2.24) is 25.5 Å². The van der Waals surface area contributed by atoms with Crippen LogP contribution in [0.25, 0.3) is 5.82 Å². The minimum Gasteiger partial charge on any atom is -0.497 e. The van der Waals surface area contributed by atoms with Crippen LogP contribution < -0.4 is 20.7 Å². The van der Waals surface area contributed by atoms with Crippen LogP contribution in [0.4, 0.5) is 0 Å². The van der Waals surface area contributed by atoms with Crippen LogP contribution in [0.5, 0.6) is 5.75 Å². The van der Waals surface area contributed by atoms with Crippen LogP contribution in [-0.2, 0) is 30.7 Å². The molecule has 0 spiro atoms. The zero-order valence-corrected chi connectivity index (χ0v) is 28.6. The maximum Gasteiger partial charge on any atom is 0.251 e. The van der Waals surface area contributed by atoms with Crippen molar-refractivity contribution >= 4 is 11.8 Å². The van der Waals surface area contributed by atoms with Gasteiger partial charge in [-0.2, -0.15) is 0 Å². The average Bonchev–Trinajstić information content (AvgIpc) is 3.46. The fourth-order valence-corrected chi connectivity index (χ4v) is 5.73. The topological polar surface area (TPSA) is 118 Å². The number of carbonyl (C=O) groups excluding carboxylic acids is 2. The molecule has 9 heteroatoms. The molecular weight excluding hydrogens is 614 g/mol. The normalized spacial score (nSPS) is 12.3. The summed E-state index contributed by atoms with van der Waals surface area (Å²) in [5.74, 6) is 1.37. The van der Waals surface area contributed by atoms with E-state index in [0.29, 0.717) is 25.2 Å². The zero-order valence-electron chi connectivity index (χ0n) is 28.6. The lowest BCUT2D eigenvalue weighted by Gasteiger charge is -2.18. The minimum absolute atomic E-state index is 0.0746. The molecule has 5 aromatic rings. The highest BCUT2D eigenvalue weighted by atomic mass is 16.5. The van der Waals surface area contributed by atoms with Gasteiger partial charge in [-0.3, -0.25) is 9.59 Å². The van der Waals surface area contributed by atoms with Gasteiger partial charge in [-0.25, -0.2) is 4.98 Å². The third kappa shape index (κ3) is 9.88. The van der Waals surface area contributed by atoms with Crippen molar-refractivity contribution in [2.24, 2.45) is 0 Å². The van der Waals surface area contributed by atoms with Crippen molar-refractivity contribution < 1.29 is 19.4 Å². The number of hydrogen-bond donors (Lipinski definition) is 4. The van der Waals surface area contributed by atoms with Gasteiger partial charge in [-0.1, -0.05) is 54.6 Å². The van der Waals surface area contributed by atoms with E-state index in [1.54, 1.807) is 25.4 Å². The summed E-state index contributed by atoms with van der Waals surface area (Å²) < 4.78 is 7.26. The molecule has 2 amide bonds. The molecule has 254 valence electrons. The van der Waals surface area contributed by atoms with Crippen molar-refractivity contribution in [3.63, 3.8) is 0 Å². The Balaban J connectivity index is 1.03. The predicted molar refractivity (Wildman–Crippen MR) is 192 cm³/mol. The van der Waals surface area contributed by atoms with Crippen molar-refractivity contribution in [2.45, 2.75) is 58.8 Å². The molecule has 0 saturated heterocycles. The molecule has 9 nitrogen and oxygen atoms in total. The zero-order chi connectivity index (χ0) is 34.8. The second kappa shape index (κ2) is 16.7. The maximum atomic E-state index is 12.8. The van der Waals surface area contributed by atoms with Crippen LogP contribution in [0, 0.1) is 13.8 Å². The van der Waals surface area contributed by atoms with Crippen molar-refractivity contribution in [3.05, 3.63) is 148 Å². The molecule has 0 radical (unpaired) electrons. The van der Waals surface area contributed by atoms with E-state index in [4.69, 9.17) is 4.74 Å². The number of nitrogens with one attached hydrogen (secondary N) is 3. The van der Waals surface area contributed by atoms with Gasteiger partial charge in [0.1, 0.15) is 11.6 Å². The summed E-state index contributed by atoms with van der Waals surface area (Å²) in [6.07, 6.45) is 2.08. The highest BCUT2D eigenvalue weighted by molar-refractivity contribution is 5.94. The molecule has 0 saturated carbocycles.